The fraction of sp³-hybridized carbons (Fsp3) is 0.846. The predicted octanol–water partition coefficient (Wildman–Crippen LogP) is 1.35. The molecule has 106 valence electrons. The molecular formula is C13H25NO4. The fourth-order valence-electron chi connectivity index (χ4n) is 1.65. The average molecular weight is 259 g/mol. The summed E-state index contributed by atoms with van der Waals surface area (Å²) >= 11 is 0. The summed E-state index contributed by atoms with van der Waals surface area (Å²) in [5, 5.41) is 18.3. The number of carboxylic acids is 1. The number of rotatable bonds is 6. The lowest BCUT2D eigenvalue weighted by Crippen LogP contribution is -2.49. The number of aliphatic carboxylic acids is 1. The minimum Gasteiger partial charge on any atom is -0.481 e. The van der Waals surface area contributed by atoms with Crippen molar-refractivity contribution in [3.05, 3.63) is 0 Å². The van der Waals surface area contributed by atoms with E-state index in [1.54, 1.807) is 27.7 Å². The Morgan fingerprint density at radius 1 is 1.28 bits per heavy atom. The molecule has 0 saturated heterocycles. The van der Waals surface area contributed by atoms with Crippen molar-refractivity contribution in [1.82, 2.24) is 4.90 Å². The quantitative estimate of drug-likeness (QED) is 0.755. The smallest absolute Gasteiger partial charge is 0.308 e. The van der Waals surface area contributed by atoms with E-state index in [4.69, 9.17) is 5.11 Å². The van der Waals surface area contributed by atoms with Crippen LogP contribution in [-0.4, -0.2) is 46.2 Å². The molecule has 0 radical (unpaired) electrons. The van der Waals surface area contributed by atoms with Crippen LogP contribution in [0.15, 0.2) is 0 Å². The normalized spacial score (nSPS) is 15.0. The van der Waals surface area contributed by atoms with Crippen LogP contribution < -0.4 is 0 Å². The zero-order valence-corrected chi connectivity index (χ0v) is 11.9. The molecule has 5 nitrogen and oxygen atoms in total. The molecule has 0 aromatic rings. The molecule has 0 aromatic heterocycles. The van der Waals surface area contributed by atoms with Gasteiger partial charge in [-0.25, -0.2) is 0 Å². The van der Waals surface area contributed by atoms with E-state index in [0.717, 1.165) is 0 Å². The van der Waals surface area contributed by atoms with Gasteiger partial charge in [-0.1, -0.05) is 34.6 Å². The van der Waals surface area contributed by atoms with Gasteiger partial charge in [0, 0.05) is 12.0 Å². The van der Waals surface area contributed by atoms with Crippen molar-refractivity contribution in [2.45, 2.75) is 47.1 Å². The zero-order valence-electron chi connectivity index (χ0n) is 11.9. The molecule has 0 fully saturated rings. The van der Waals surface area contributed by atoms with Crippen molar-refractivity contribution in [3.8, 4) is 0 Å². The summed E-state index contributed by atoms with van der Waals surface area (Å²) in [5.41, 5.74) is -0.583. The number of amides is 1. The SMILES string of the molecule is CCC(CO)N(CC(C)C(=O)O)C(=O)C(C)(C)C. The van der Waals surface area contributed by atoms with Crippen LogP contribution in [0.2, 0.25) is 0 Å². The maximum absolute atomic E-state index is 12.3. The van der Waals surface area contributed by atoms with E-state index >= 15 is 0 Å². The highest BCUT2D eigenvalue weighted by atomic mass is 16.4. The molecule has 0 rings (SSSR count). The molecule has 0 saturated carbocycles. The first-order valence-electron chi connectivity index (χ1n) is 6.29. The second-order valence-electron chi connectivity index (χ2n) is 5.69. The number of aliphatic hydroxyl groups excluding tert-OH is 1. The third kappa shape index (κ3) is 4.64. The van der Waals surface area contributed by atoms with Crippen LogP contribution in [0, 0.1) is 11.3 Å². The van der Waals surface area contributed by atoms with Crippen LogP contribution in [0.4, 0.5) is 0 Å². The molecule has 2 N–H and O–H groups in total. The van der Waals surface area contributed by atoms with Gasteiger partial charge in [-0.3, -0.25) is 9.59 Å². The zero-order chi connectivity index (χ0) is 14.5. The number of hydrogen-bond acceptors (Lipinski definition) is 3. The van der Waals surface area contributed by atoms with Gasteiger partial charge in [0.05, 0.1) is 18.6 Å². The summed E-state index contributed by atoms with van der Waals surface area (Å²) in [4.78, 5) is 24.7. The highest BCUT2D eigenvalue weighted by Crippen LogP contribution is 2.21. The Bertz CT molecular complexity index is 292. The van der Waals surface area contributed by atoms with Gasteiger partial charge in [0.2, 0.25) is 5.91 Å². The Hall–Kier alpha value is -1.10. The number of carbonyl (C=O) groups excluding carboxylic acids is 1. The van der Waals surface area contributed by atoms with Gasteiger partial charge >= 0.3 is 5.97 Å². The minimum absolute atomic E-state index is 0.128. The van der Waals surface area contributed by atoms with Crippen LogP contribution in [0.25, 0.3) is 0 Å². The Morgan fingerprint density at radius 3 is 2.06 bits per heavy atom. The highest BCUT2D eigenvalue weighted by molar-refractivity contribution is 5.82. The van der Waals surface area contributed by atoms with E-state index in [2.05, 4.69) is 0 Å². The first-order valence-corrected chi connectivity index (χ1v) is 6.29. The summed E-state index contributed by atoms with van der Waals surface area (Å²) in [6.45, 7) is 8.79. The van der Waals surface area contributed by atoms with E-state index in [0.29, 0.717) is 6.42 Å². The van der Waals surface area contributed by atoms with Crippen LogP contribution in [0.1, 0.15) is 41.0 Å². The molecule has 0 aromatic carbocycles. The van der Waals surface area contributed by atoms with Crippen molar-refractivity contribution in [2.24, 2.45) is 11.3 Å². The van der Waals surface area contributed by atoms with Crippen molar-refractivity contribution >= 4 is 11.9 Å². The van der Waals surface area contributed by atoms with E-state index in [1.807, 2.05) is 6.92 Å². The van der Waals surface area contributed by atoms with E-state index in [9.17, 15) is 14.7 Å². The molecule has 2 atom stereocenters. The molecular weight excluding hydrogens is 234 g/mol. The maximum Gasteiger partial charge on any atom is 0.308 e. The van der Waals surface area contributed by atoms with Gasteiger partial charge in [0.1, 0.15) is 0 Å². The van der Waals surface area contributed by atoms with E-state index in [1.165, 1.54) is 4.90 Å². The lowest BCUT2D eigenvalue weighted by Gasteiger charge is -2.36. The number of nitrogens with zero attached hydrogens (tertiary/aromatic N) is 1. The largest absolute Gasteiger partial charge is 0.481 e. The number of hydrogen-bond donors (Lipinski definition) is 2. The summed E-state index contributed by atoms with van der Waals surface area (Å²) < 4.78 is 0. The average Bonchev–Trinajstić information content (AvgIpc) is 2.26. The maximum atomic E-state index is 12.3. The number of carbonyl (C=O) groups is 2. The van der Waals surface area contributed by atoms with Crippen molar-refractivity contribution in [1.29, 1.82) is 0 Å². The minimum atomic E-state index is -0.936. The van der Waals surface area contributed by atoms with Gasteiger partial charge < -0.3 is 15.1 Å². The molecule has 0 heterocycles. The first kappa shape index (κ1) is 16.9. The van der Waals surface area contributed by atoms with Gasteiger partial charge in [0.25, 0.3) is 0 Å². The highest BCUT2D eigenvalue weighted by Gasteiger charge is 2.33. The van der Waals surface area contributed by atoms with Crippen LogP contribution in [0.3, 0.4) is 0 Å². The summed E-state index contributed by atoms with van der Waals surface area (Å²) in [6, 6.07) is -0.321. The molecule has 2 unspecified atom stereocenters. The lowest BCUT2D eigenvalue weighted by atomic mass is 9.93. The van der Waals surface area contributed by atoms with Crippen LogP contribution in [-0.2, 0) is 9.59 Å². The predicted molar refractivity (Wildman–Crippen MR) is 69.1 cm³/mol. The molecule has 0 aliphatic heterocycles. The molecule has 1 amide bonds. The van der Waals surface area contributed by atoms with Gasteiger partial charge in [-0.2, -0.15) is 0 Å². The van der Waals surface area contributed by atoms with Crippen molar-refractivity contribution < 1.29 is 19.8 Å². The van der Waals surface area contributed by atoms with E-state index in [-0.39, 0.29) is 25.1 Å². The third-order valence-electron chi connectivity index (χ3n) is 2.92. The van der Waals surface area contributed by atoms with Gasteiger partial charge in [-0.05, 0) is 6.42 Å². The summed E-state index contributed by atoms with van der Waals surface area (Å²) in [5.74, 6) is -1.71. The van der Waals surface area contributed by atoms with Gasteiger partial charge in [-0.15, -0.1) is 0 Å². The van der Waals surface area contributed by atoms with Crippen LogP contribution in [0.5, 0.6) is 0 Å². The van der Waals surface area contributed by atoms with Crippen molar-refractivity contribution in [3.63, 3.8) is 0 Å². The number of carboxylic acid groups (broad SMARTS) is 1. The molecule has 5 heteroatoms. The summed E-state index contributed by atoms with van der Waals surface area (Å²) in [7, 11) is 0. The van der Waals surface area contributed by atoms with Crippen molar-refractivity contribution in [2.75, 3.05) is 13.2 Å². The fourth-order valence-corrected chi connectivity index (χ4v) is 1.65. The summed E-state index contributed by atoms with van der Waals surface area (Å²) in [6.07, 6.45) is 0.602. The number of aliphatic hydroxyl groups is 1. The van der Waals surface area contributed by atoms with E-state index < -0.39 is 17.3 Å². The standard InChI is InChI=1S/C13H25NO4/c1-6-10(8-15)14(7-9(2)11(16)17)12(18)13(3,4)5/h9-10,15H,6-8H2,1-5H3,(H,16,17). The topological polar surface area (TPSA) is 77.8 Å². The molecule has 0 aliphatic carbocycles. The molecule has 0 bridgehead atoms. The molecule has 18 heavy (non-hydrogen) atoms. The second kappa shape index (κ2) is 6.73. The monoisotopic (exact) mass is 259 g/mol. The van der Waals surface area contributed by atoms with Gasteiger partial charge in [0.15, 0.2) is 0 Å². The third-order valence-corrected chi connectivity index (χ3v) is 2.92. The molecule has 0 spiro atoms. The Morgan fingerprint density at radius 2 is 1.78 bits per heavy atom. The Balaban J connectivity index is 5.06. The Kier molecular flexibility index (Phi) is 6.32. The molecule has 0 aliphatic rings. The lowest BCUT2D eigenvalue weighted by molar-refractivity contribution is -0.148. The Labute approximate surface area is 109 Å². The van der Waals surface area contributed by atoms with Crippen LogP contribution >= 0.6 is 0 Å². The first-order chi connectivity index (χ1) is 8.15. The second-order valence-corrected chi connectivity index (χ2v) is 5.69.